The largest absolute Gasteiger partial charge is 0.494 e. The van der Waals surface area contributed by atoms with Gasteiger partial charge in [0.15, 0.2) is 11.6 Å². The zero-order chi connectivity index (χ0) is 39.9. The summed E-state index contributed by atoms with van der Waals surface area (Å²) in [6.45, 7) is 14.5. The lowest BCUT2D eigenvalue weighted by atomic mass is 9.90. The average Bonchev–Trinajstić information content (AvgIpc) is 3.07. The van der Waals surface area contributed by atoms with Crippen LogP contribution in [0.3, 0.4) is 0 Å². The van der Waals surface area contributed by atoms with Gasteiger partial charge in [-0.1, -0.05) is 89.9 Å². The van der Waals surface area contributed by atoms with Gasteiger partial charge in [0, 0.05) is 17.7 Å². The van der Waals surface area contributed by atoms with Crippen LogP contribution < -0.4 is 9.47 Å². The molecule has 0 atom stereocenters. The zero-order valence-corrected chi connectivity index (χ0v) is 34.1. The molecule has 0 saturated heterocycles. The van der Waals surface area contributed by atoms with Crippen LogP contribution in [0.5, 0.6) is 11.5 Å². The summed E-state index contributed by atoms with van der Waals surface area (Å²) < 4.78 is 15.7. The first-order chi connectivity index (χ1) is 25.0. The fourth-order valence-corrected chi connectivity index (χ4v) is 6.33. The maximum absolute atomic E-state index is 12.5. The van der Waals surface area contributed by atoms with E-state index in [2.05, 4.69) is 4.74 Å². The van der Waals surface area contributed by atoms with Crippen molar-refractivity contribution in [3.63, 3.8) is 0 Å². The van der Waals surface area contributed by atoms with Crippen molar-refractivity contribution in [2.45, 2.75) is 169 Å². The van der Waals surface area contributed by atoms with E-state index >= 15 is 0 Å². The first-order valence-corrected chi connectivity index (χ1v) is 19.7. The van der Waals surface area contributed by atoms with Crippen molar-refractivity contribution in [2.75, 3.05) is 20.0 Å². The van der Waals surface area contributed by atoms with E-state index in [0.717, 1.165) is 40.8 Å². The number of carbonyl (C=O) groups is 3. The van der Waals surface area contributed by atoms with Crippen LogP contribution in [0, 0.1) is 27.7 Å². The van der Waals surface area contributed by atoms with Gasteiger partial charge in [0.2, 0.25) is 6.79 Å². The normalized spacial score (nSPS) is 11.5. The topological polar surface area (TPSA) is 140 Å². The molecule has 0 aliphatic rings. The lowest BCUT2D eigenvalue weighted by molar-refractivity contribution is -0.134. The van der Waals surface area contributed by atoms with Crippen LogP contribution in [0.2, 0.25) is 0 Å². The highest BCUT2D eigenvalue weighted by molar-refractivity contribution is 6.04. The van der Waals surface area contributed by atoms with E-state index in [1.165, 1.54) is 118 Å². The van der Waals surface area contributed by atoms with Crippen molar-refractivity contribution in [2.24, 2.45) is 0 Å². The van der Waals surface area contributed by atoms with Gasteiger partial charge in [-0.25, -0.2) is 0 Å². The third-order valence-corrected chi connectivity index (χ3v) is 9.23. The van der Waals surface area contributed by atoms with Crippen LogP contribution in [0.15, 0.2) is 24.3 Å². The van der Waals surface area contributed by atoms with E-state index in [0.29, 0.717) is 36.6 Å². The van der Waals surface area contributed by atoms with Crippen LogP contribution in [-0.4, -0.2) is 64.6 Å². The molecule has 0 unspecified atom stereocenters. The Hall–Kier alpha value is -3.27. The first kappa shape index (κ1) is 47.8. The Morgan fingerprint density at radius 2 is 0.981 bits per heavy atom. The summed E-state index contributed by atoms with van der Waals surface area (Å²) in [4.78, 5) is 34.5. The molecule has 0 bridgehead atoms. The monoisotopic (exact) mass is 743 g/mol. The minimum absolute atomic E-state index is 0.177. The minimum Gasteiger partial charge on any atom is -0.494 e. The summed E-state index contributed by atoms with van der Waals surface area (Å²) in [7, 11) is 0. The van der Waals surface area contributed by atoms with Crippen LogP contribution in [-0.2, 0) is 9.53 Å². The highest BCUT2D eigenvalue weighted by Gasteiger charge is 2.28. The number of aliphatic hydroxyl groups is 3. The van der Waals surface area contributed by atoms with Crippen molar-refractivity contribution in [1.82, 2.24) is 0 Å². The van der Waals surface area contributed by atoms with E-state index in [9.17, 15) is 24.6 Å². The summed E-state index contributed by atoms with van der Waals surface area (Å²) in [6.07, 6.45) is 20.6. The molecule has 53 heavy (non-hydrogen) atoms. The average molecular weight is 743 g/mol. The smallest absolute Gasteiger partial charge is 0.295 e. The van der Waals surface area contributed by atoms with Gasteiger partial charge in [-0.05, 0) is 115 Å². The molecule has 0 saturated carbocycles. The van der Waals surface area contributed by atoms with Gasteiger partial charge in [0.05, 0.1) is 6.61 Å². The Morgan fingerprint density at radius 1 is 0.585 bits per heavy atom. The van der Waals surface area contributed by atoms with Crippen molar-refractivity contribution < 1.29 is 43.9 Å². The maximum atomic E-state index is 12.5. The summed E-state index contributed by atoms with van der Waals surface area (Å²) in [5.74, 6) is 0.780. The van der Waals surface area contributed by atoms with Gasteiger partial charge in [-0.3, -0.25) is 14.4 Å². The van der Waals surface area contributed by atoms with Crippen LogP contribution >= 0.6 is 0 Å². The van der Waals surface area contributed by atoms with Crippen LogP contribution in [0.1, 0.15) is 173 Å². The molecule has 0 heterocycles. The number of ketones is 2. The van der Waals surface area contributed by atoms with E-state index in [-0.39, 0.29) is 18.4 Å². The number of aryl methyl sites for hydroxylation is 4. The Kier molecular flexibility index (Phi) is 23.1. The molecule has 0 fully saturated rings. The van der Waals surface area contributed by atoms with Crippen molar-refractivity contribution in [3.8, 4) is 11.5 Å². The maximum Gasteiger partial charge on any atom is 0.295 e. The quantitative estimate of drug-likeness (QED) is 0.0353. The Balaban J connectivity index is 0.000000622. The van der Waals surface area contributed by atoms with Crippen molar-refractivity contribution in [3.05, 3.63) is 57.6 Å². The molecule has 2 aromatic rings. The lowest BCUT2D eigenvalue weighted by Crippen LogP contribution is -2.32. The van der Waals surface area contributed by atoms with Gasteiger partial charge in [0.1, 0.15) is 22.7 Å². The zero-order valence-electron chi connectivity index (χ0n) is 34.1. The highest BCUT2D eigenvalue weighted by Crippen LogP contribution is 2.28. The second kappa shape index (κ2) is 25.7. The predicted octanol–water partition coefficient (Wildman–Crippen LogP) is 9.64. The molecule has 0 spiro atoms. The van der Waals surface area contributed by atoms with Gasteiger partial charge in [0.25, 0.3) is 6.47 Å². The van der Waals surface area contributed by atoms with E-state index in [1.54, 1.807) is 26.0 Å². The Labute approximate surface area is 319 Å². The number of carbonyl (C=O) groups excluding carboxylic acids is 3. The van der Waals surface area contributed by atoms with Crippen LogP contribution in [0.4, 0.5) is 0 Å². The standard InChI is InChI=1S/C30H52O4.C14H18O5/c1-25-23-27(24-26(2)28(25)29(32)30(3,4)33)34-22-20-18-16-14-12-10-8-6-5-7-9-11-13-15-17-19-21-31;1-9-5-11(13(16)14(3,4)17)6-10(2)12(9)19-8-18-7-15/h23-24,31,33H,5-22H2,1-4H3;5-7,17H,8H2,1-4H3. The van der Waals surface area contributed by atoms with E-state index in [1.807, 2.05) is 26.0 Å². The number of Topliss-reactive ketones (excluding diaryl/α,β-unsaturated/α-hetero) is 2. The summed E-state index contributed by atoms with van der Waals surface area (Å²) in [5.41, 5.74) is 1.44. The molecule has 300 valence electrons. The third-order valence-electron chi connectivity index (χ3n) is 9.23. The molecule has 2 rings (SSSR count). The molecule has 0 aromatic heterocycles. The molecular formula is C44H70O9. The molecular weight excluding hydrogens is 672 g/mol. The number of unbranched alkanes of at least 4 members (excludes halogenated alkanes) is 15. The fourth-order valence-electron chi connectivity index (χ4n) is 6.33. The Bertz CT molecular complexity index is 1320. The van der Waals surface area contributed by atoms with Gasteiger partial charge < -0.3 is 29.5 Å². The molecule has 2 aromatic carbocycles. The SMILES string of the molecule is Cc1cc(C(=O)C(C)(C)O)cc(C)c1OCOC=O.Cc1cc(OCCCCCCCCCCCCCCCCCCO)cc(C)c1C(=O)C(C)(C)O. The Morgan fingerprint density at radius 3 is 1.36 bits per heavy atom. The highest BCUT2D eigenvalue weighted by atomic mass is 16.7. The van der Waals surface area contributed by atoms with Crippen LogP contribution in [0.25, 0.3) is 0 Å². The molecule has 0 aliphatic carbocycles. The second-order valence-electron chi connectivity index (χ2n) is 15.4. The lowest BCUT2D eigenvalue weighted by Gasteiger charge is -2.19. The summed E-state index contributed by atoms with van der Waals surface area (Å²) >= 11 is 0. The van der Waals surface area contributed by atoms with Crippen molar-refractivity contribution >= 4 is 18.0 Å². The van der Waals surface area contributed by atoms with Gasteiger partial charge in [-0.15, -0.1) is 0 Å². The number of ether oxygens (including phenoxy) is 3. The van der Waals surface area contributed by atoms with Gasteiger partial charge >= 0.3 is 0 Å². The van der Waals surface area contributed by atoms with Crippen molar-refractivity contribution in [1.29, 1.82) is 0 Å². The number of hydrogen-bond donors (Lipinski definition) is 3. The molecule has 0 aliphatic heterocycles. The molecule has 0 amide bonds. The fraction of sp³-hybridized carbons (Fsp3) is 0.659. The summed E-state index contributed by atoms with van der Waals surface area (Å²) in [6, 6.07) is 7.10. The number of hydrogen-bond acceptors (Lipinski definition) is 9. The third kappa shape index (κ3) is 19.6. The number of aliphatic hydroxyl groups excluding tert-OH is 1. The molecule has 9 heteroatoms. The predicted molar refractivity (Wildman–Crippen MR) is 212 cm³/mol. The molecule has 9 nitrogen and oxygen atoms in total. The molecule has 3 N–H and O–H groups in total. The first-order valence-electron chi connectivity index (χ1n) is 19.7. The van der Waals surface area contributed by atoms with E-state index in [4.69, 9.17) is 14.6 Å². The summed E-state index contributed by atoms with van der Waals surface area (Å²) in [5, 5.41) is 28.5. The second-order valence-corrected chi connectivity index (χ2v) is 15.4. The van der Waals surface area contributed by atoms with Gasteiger partial charge in [-0.2, -0.15) is 0 Å². The van der Waals surface area contributed by atoms with E-state index < -0.39 is 11.2 Å². The molecule has 0 radical (unpaired) electrons. The number of rotatable bonds is 27. The number of benzene rings is 2. The minimum atomic E-state index is -1.41.